The first-order valence-electron chi connectivity index (χ1n) is 9.41. The smallest absolute Gasteiger partial charge is 0.356 e. The van der Waals surface area contributed by atoms with E-state index in [-0.39, 0.29) is 5.69 Å². The summed E-state index contributed by atoms with van der Waals surface area (Å²) in [6.45, 7) is 5.77. The van der Waals surface area contributed by atoms with Crippen molar-refractivity contribution in [3.8, 4) is 5.69 Å². The van der Waals surface area contributed by atoms with E-state index in [9.17, 15) is 4.79 Å². The first kappa shape index (κ1) is 19.8. The Morgan fingerprint density at radius 3 is 2.39 bits per heavy atom. The summed E-state index contributed by atoms with van der Waals surface area (Å²) < 4.78 is 7.20. The zero-order valence-electron chi connectivity index (χ0n) is 16.6. The van der Waals surface area contributed by atoms with Gasteiger partial charge < -0.3 is 9.64 Å². The Bertz CT molecular complexity index is 950. The number of aryl methyl sites for hydroxylation is 2. The molecule has 3 rings (SSSR count). The van der Waals surface area contributed by atoms with Crippen LogP contribution in [0.4, 0.5) is 5.95 Å². The molecule has 146 valence electrons. The van der Waals surface area contributed by atoms with Crippen molar-refractivity contribution in [2.45, 2.75) is 20.3 Å². The molecule has 0 spiro atoms. The van der Waals surface area contributed by atoms with Crippen molar-refractivity contribution < 1.29 is 4.74 Å². The van der Waals surface area contributed by atoms with Gasteiger partial charge in [0.15, 0.2) is 0 Å². The number of ether oxygens (including phenoxy) is 1. The molecule has 0 saturated heterocycles. The molecule has 28 heavy (non-hydrogen) atoms. The fraction of sp³-hybridized carbons (Fsp3) is 0.318. The minimum atomic E-state index is -0.334. The van der Waals surface area contributed by atoms with Crippen molar-refractivity contribution in [3.63, 3.8) is 0 Å². The Kier molecular flexibility index (Phi) is 6.55. The first-order chi connectivity index (χ1) is 13.6. The van der Waals surface area contributed by atoms with Crippen molar-refractivity contribution in [1.82, 2.24) is 14.5 Å². The lowest BCUT2D eigenvalue weighted by Crippen LogP contribution is -2.30. The van der Waals surface area contributed by atoms with Gasteiger partial charge in [-0.15, -0.1) is 0 Å². The molecule has 0 aliphatic carbocycles. The third-order valence-corrected chi connectivity index (χ3v) is 4.66. The van der Waals surface area contributed by atoms with Crippen LogP contribution in [0.15, 0.2) is 59.7 Å². The molecule has 1 heterocycles. The molecular weight excluding hydrogens is 352 g/mol. The fourth-order valence-corrected chi connectivity index (χ4v) is 3.09. The van der Waals surface area contributed by atoms with Crippen LogP contribution in [0.25, 0.3) is 5.69 Å². The van der Waals surface area contributed by atoms with Gasteiger partial charge in [-0.2, -0.15) is 4.98 Å². The molecule has 0 fully saturated rings. The SMILES string of the molecule is Cc1cccc(C)c1-n1cnc(N(C)CCOCCc2ccccc2)nc1=O. The standard InChI is InChI=1S/C22H26N4O2/c1-17-8-7-9-18(2)20(17)26-16-23-21(24-22(26)27)25(3)13-15-28-14-12-19-10-5-4-6-11-19/h4-11,16H,12-15H2,1-3H3. The number of hydrogen-bond donors (Lipinski definition) is 0. The van der Waals surface area contributed by atoms with Gasteiger partial charge >= 0.3 is 5.69 Å². The summed E-state index contributed by atoms with van der Waals surface area (Å²) >= 11 is 0. The maximum Gasteiger partial charge on any atom is 0.356 e. The number of anilines is 1. The maximum atomic E-state index is 12.5. The zero-order chi connectivity index (χ0) is 19.9. The Hall–Kier alpha value is -2.99. The first-order valence-corrected chi connectivity index (χ1v) is 9.41. The summed E-state index contributed by atoms with van der Waals surface area (Å²) in [5.74, 6) is 0.402. The topological polar surface area (TPSA) is 60.3 Å². The summed E-state index contributed by atoms with van der Waals surface area (Å²) in [7, 11) is 1.86. The van der Waals surface area contributed by atoms with Crippen LogP contribution in [0.3, 0.4) is 0 Å². The number of rotatable bonds is 8. The molecule has 0 bridgehead atoms. The van der Waals surface area contributed by atoms with Crippen LogP contribution in [0.2, 0.25) is 0 Å². The van der Waals surface area contributed by atoms with Gasteiger partial charge in [0, 0.05) is 13.6 Å². The molecular formula is C22H26N4O2. The van der Waals surface area contributed by atoms with Gasteiger partial charge in [-0.3, -0.25) is 4.57 Å². The molecule has 3 aromatic rings. The van der Waals surface area contributed by atoms with Gasteiger partial charge in [0.05, 0.1) is 18.9 Å². The van der Waals surface area contributed by atoms with Crippen LogP contribution < -0.4 is 10.6 Å². The summed E-state index contributed by atoms with van der Waals surface area (Å²) in [6.07, 6.45) is 2.43. The number of benzene rings is 2. The minimum absolute atomic E-state index is 0.334. The lowest BCUT2D eigenvalue weighted by Gasteiger charge is -2.18. The lowest BCUT2D eigenvalue weighted by molar-refractivity contribution is 0.143. The number of hydrogen-bond acceptors (Lipinski definition) is 5. The van der Waals surface area contributed by atoms with Gasteiger partial charge in [-0.05, 0) is 37.0 Å². The van der Waals surface area contributed by atoms with Crippen LogP contribution in [-0.2, 0) is 11.2 Å². The zero-order valence-corrected chi connectivity index (χ0v) is 16.6. The number of aromatic nitrogens is 3. The number of likely N-dealkylation sites (N-methyl/N-ethyl adjacent to an activating group) is 1. The highest BCUT2D eigenvalue weighted by atomic mass is 16.5. The second-order valence-corrected chi connectivity index (χ2v) is 6.82. The third-order valence-electron chi connectivity index (χ3n) is 4.66. The Balaban J connectivity index is 1.57. The van der Waals surface area contributed by atoms with Gasteiger partial charge in [0.1, 0.15) is 6.33 Å². The van der Waals surface area contributed by atoms with Crippen LogP contribution in [-0.4, -0.2) is 41.3 Å². The molecule has 6 nitrogen and oxygen atoms in total. The van der Waals surface area contributed by atoms with Crippen molar-refractivity contribution in [3.05, 3.63) is 82.0 Å². The Morgan fingerprint density at radius 2 is 1.71 bits per heavy atom. The highest BCUT2D eigenvalue weighted by Gasteiger charge is 2.11. The monoisotopic (exact) mass is 378 g/mol. The van der Waals surface area contributed by atoms with Crippen LogP contribution in [0.1, 0.15) is 16.7 Å². The van der Waals surface area contributed by atoms with Gasteiger partial charge in [-0.1, -0.05) is 48.5 Å². The Morgan fingerprint density at radius 1 is 1.00 bits per heavy atom. The van der Waals surface area contributed by atoms with Crippen molar-refractivity contribution >= 4 is 5.95 Å². The molecule has 6 heteroatoms. The predicted octanol–water partition coefficient (Wildman–Crippen LogP) is 2.94. The van der Waals surface area contributed by atoms with E-state index in [1.165, 1.54) is 10.1 Å². The largest absolute Gasteiger partial charge is 0.379 e. The molecule has 0 amide bonds. The fourth-order valence-electron chi connectivity index (χ4n) is 3.09. The molecule has 0 aliphatic rings. The average Bonchev–Trinajstić information content (AvgIpc) is 2.69. The van der Waals surface area contributed by atoms with E-state index in [2.05, 4.69) is 22.1 Å². The van der Waals surface area contributed by atoms with E-state index in [1.54, 1.807) is 6.33 Å². The van der Waals surface area contributed by atoms with Crippen molar-refractivity contribution in [2.24, 2.45) is 0 Å². The van der Waals surface area contributed by atoms with E-state index in [0.717, 1.165) is 23.2 Å². The molecule has 0 aliphatic heterocycles. The summed E-state index contributed by atoms with van der Waals surface area (Å²) in [4.78, 5) is 22.9. The van der Waals surface area contributed by atoms with E-state index >= 15 is 0 Å². The van der Waals surface area contributed by atoms with Crippen molar-refractivity contribution in [2.75, 3.05) is 31.7 Å². The lowest BCUT2D eigenvalue weighted by atomic mass is 10.1. The van der Waals surface area contributed by atoms with Gasteiger partial charge in [-0.25, -0.2) is 9.78 Å². The Labute approximate surface area is 165 Å². The quantitative estimate of drug-likeness (QED) is 0.564. The van der Waals surface area contributed by atoms with E-state index < -0.39 is 0 Å². The van der Waals surface area contributed by atoms with Gasteiger partial charge in [0.25, 0.3) is 0 Å². The average molecular weight is 378 g/mol. The summed E-state index contributed by atoms with van der Waals surface area (Å²) in [5.41, 5.74) is 3.79. The predicted molar refractivity (Wildman–Crippen MR) is 111 cm³/mol. The second-order valence-electron chi connectivity index (χ2n) is 6.82. The maximum absolute atomic E-state index is 12.5. The van der Waals surface area contributed by atoms with E-state index in [0.29, 0.717) is 25.7 Å². The third kappa shape index (κ3) is 4.84. The normalized spacial score (nSPS) is 10.8. The summed E-state index contributed by atoms with van der Waals surface area (Å²) in [6, 6.07) is 16.2. The van der Waals surface area contributed by atoms with Crippen LogP contribution in [0.5, 0.6) is 0 Å². The van der Waals surface area contributed by atoms with E-state index in [1.807, 2.05) is 62.2 Å². The van der Waals surface area contributed by atoms with Gasteiger partial charge in [0.2, 0.25) is 5.95 Å². The molecule has 1 aromatic heterocycles. The second kappa shape index (κ2) is 9.28. The highest BCUT2D eigenvalue weighted by molar-refractivity contribution is 5.46. The molecule has 0 N–H and O–H groups in total. The minimum Gasteiger partial charge on any atom is -0.379 e. The highest BCUT2D eigenvalue weighted by Crippen LogP contribution is 2.16. The number of nitrogens with zero attached hydrogens (tertiary/aromatic N) is 4. The molecule has 2 aromatic carbocycles. The molecule has 0 unspecified atom stereocenters. The van der Waals surface area contributed by atoms with Crippen LogP contribution in [0, 0.1) is 13.8 Å². The number of para-hydroxylation sites is 1. The van der Waals surface area contributed by atoms with Crippen molar-refractivity contribution in [1.29, 1.82) is 0 Å². The summed E-state index contributed by atoms with van der Waals surface area (Å²) in [5, 5.41) is 0. The molecule has 0 atom stereocenters. The molecule has 0 radical (unpaired) electrons. The molecule has 0 saturated carbocycles. The van der Waals surface area contributed by atoms with E-state index in [4.69, 9.17) is 4.74 Å². The van der Waals surface area contributed by atoms with Crippen LogP contribution >= 0.6 is 0 Å².